The lowest BCUT2D eigenvalue weighted by Gasteiger charge is -2.42. The lowest BCUT2D eigenvalue weighted by molar-refractivity contribution is -0.163. The Kier molecular flexibility index (Phi) is 3.33. The molecule has 3 rings (SSSR count). The molecule has 5 nitrogen and oxygen atoms in total. The van der Waals surface area contributed by atoms with Gasteiger partial charge in [0.1, 0.15) is 6.61 Å². The van der Waals surface area contributed by atoms with Crippen LogP contribution in [0.4, 0.5) is 0 Å². The van der Waals surface area contributed by atoms with Crippen LogP contribution in [-0.4, -0.2) is 28.7 Å². The van der Waals surface area contributed by atoms with Crippen molar-refractivity contribution in [2.24, 2.45) is 5.92 Å². The number of likely N-dealkylation sites (tertiary alicyclic amines) is 1. The molecule has 1 aromatic rings. The van der Waals surface area contributed by atoms with Crippen LogP contribution in [0.25, 0.3) is 0 Å². The number of amides is 2. The maximum Gasteiger partial charge on any atom is 0.334 e. The third-order valence-corrected chi connectivity index (χ3v) is 3.92. The first-order chi connectivity index (χ1) is 10.1. The number of β-lactam (4-membered cyclic amide) rings is 1. The number of carbonyl (C=O) groups excluding carboxylic acids is 3. The first-order valence-electron chi connectivity index (χ1n) is 6.84. The van der Waals surface area contributed by atoms with Crippen molar-refractivity contribution in [1.82, 2.24) is 4.90 Å². The maximum atomic E-state index is 12.1. The number of carbonyl (C=O) groups is 3. The van der Waals surface area contributed by atoms with E-state index in [1.807, 2.05) is 30.3 Å². The monoisotopic (exact) mass is 285 g/mol. The lowest BCUT2D eigenvalue weighted by atomic mass is 9.86. The van der Waals surface area contributed by atoms with Crippen molar-refractivity contribution in [3.8, 4) is 0 Å². The summed E-state index contributed by atoms with van der Waals surface area (Å²) in [6.07, 6.45) is 2.25. The standard InChI is InChI=1S/C16H15NO4/c1-10(18)17-13-8-7-12(14(13)15(17)19)16(20)21-9-11-5-3-2-4-6-11/h2-7,13-14H,8-9H2,1H3. The molecule has 1 aromatic carbocycles. The minimum atomic E-state index is -0.503. The molecule has 108 valence electrons. The molecular formula is C16H15NO4. The zero-order chi connectivity index (χ0) is 15.0. The van der Waals surface area contributed by atoms with Crippen molar-refractivity contribution >= 4 is 17.8 Å². The molecule has 2 aliphatic rings. The van der Waals surface area contributed by atoms with E-state index in [9.17, 15) is 14.4 Å². The van der Waals surface area contributed by atoms with Gasteiger partial charge in [-0.05, 0) is 12.0 Å². The van der Waals surface area contributed by atoms with Crippen molar-refractivity contribution in [2.45, 2.75) is 26.0 Å². The van der Waals surface area contributed by atoms with Crippen molar-refractivity contribution in [2.75, 3.05) is 0 Å². The van der Waals surface area contributed by atoms with Crippen molar-refractivity contribution < 1.29 is 19.1 Å². The highest BCUT2D eigenvalue weighted by Gasteiger charge is 2.55. The molecule has 0 N–H and O–H groups in total. The fraction of sp³-hybridized carbons (Fsp3) is 0.312. The highest BCUT2D eigenvalue weighted by molar-refractivity contribution is 6.08. The molecule has 1 aliphatic heterocycles. The fourth-order valence-corrected chi connectivity index (χ4v) is 2.91. The van der Waals surface area contributed by atoms with Crippen LogP contribution >= 0.6 is 0 Å². The molecular weight excluding hydrogens is 270 g/mol. The summed E-state index contributed by atoms with van der Waals surface area (Å²) in [5, 5.41) is 0. The van der Waals surface area contributed by atoms with Crippen LogP contribution in [0.3, 0.4) is 0 Å². The molecule has 1 saturated heterocycles. The first kappa shape index (κ1) is 13.5. The Hall–Kier alpha value is -2.43. The number of rotatable bonds is 3. The number of nitrogens with zero attached hydrogens (tertiary/aromatic N) is 1. The molecule has 2 unspecified atom stereocenters. The summed E-state index contributed by atoms with van der Waals surface area (Å²) >= 11 is 0. The van der Waals surface area contributed by atoms with E-state index < -0.39 is 11.9 Å². The Morgan fingerprint density at radius 1 is 1.29 bits per heavy atom. The second kappa shape index (κ2) is 5.16. The number of esters is 1. The Morgan fingerprint density at radius 3 is 2.67 bits per heavy atom. The number of hydrogen-bond donors (Lipinski definition) is 0. The molecule has 0 radical (unpaired) electrons. The minimum Gasteiger partial charge on any atom is -0.457 e. The third-order valence-electron chi connectivity index (χ3n) is 3.92. The van der Waals surface area contributed by atoms with E-state index in [1.54, 1.807) is 6.08 Å². The molecule has 1 aliphatic carbocycles. The summed E-state index contributed by atoms with van der Waals surface area (Å²) in [5.74, 6) is -1.54. The molecule has 5 heteroatoms. The highest BCUT2D eigenvalue weighted by Crippen LogP contribution is 2.41. The first-order valence-corrected chi connectivity index (χ1v) is 6.84. The Balaban J connectivity index is 1.62. The fourth-order valence-electron chi connectivity index (χ4n) is 2.91. The summed E-state index contributed by atoms with van der Waals surface area (Å²) in [4.78, 5) is 36.6. The minimum absolute atomic E-state index is 0.180. The van der Waals surface area contributed by atoms with Crippen LogP contribution in [0.2, 0.25) is 0 Å². The van der Waals surface area contributed by atoms with Gasteiger partial charge in [0.2, 0.25) is 11.8 Å². The topological polar surface area (TPSA) is 63.7 Å². The van der Waals surface area contributed by atoms with E-state index in [-0.39, 0.29) is 24.5 Å². The quantitative estimate of drug-likeness (QED) is 0.622. The molecule has 0 aromatic heterocycles. The van der Waals surface area contributed by atoms with Crippen LogP contribution < -0.4 is 0 Å². The average Bonchev–Trinajstić information content (AvgIpc) is 2.84. The van der Waals surface area contributed by atoms with E-state index in [0.29, 0.717) is 12.0 Å². The number of imide groups is 1. The second-order valence-corrected chi connectivity index (χ2v) is 5.23. The van der Waals surface area contributed by atoms with Gasteiger partial charge in [-0.15, -0.1) is 0 Å². The zero-order valence-electron chi connectivity index (χ0n) is 11.6. The molecule has 0 spiro atoms. The lowest BCUT2D eigenvalue weighted by Crippen LogP contribution is -2.61. The van der Waals surface area contributed by atoms with E-state index in [1.165, 1.54) is 11.8 Å². The predicted octanol–water partition coefficient (Wildman–Crippen LogP) is 1.43. The van der Waals surface area contributed by atoms with Crippen LogP contribution in [0, 0.1) is 5.92 Å². The smallest absolute Gasteiger partial charge is 0.334 e. The molecule has 0 bridgehead atoms. The van der Waals surface area contributed by atoms with Crippen LogP contribution in [0.5, 0.6) is 0 Å². The number of fused-ring (bicyclic) bond motifs is 1. The average molecular weight is 285 g/mol. The zero-order valence-corrected chi connectivity index (χ0v) is 11.6. The largest absolute Gasteiger partial charge is 0.457 e. The molecule has 2 amide bonds. The van der Waals surface area contributed by atoms with E-state index in [4.69, 9.17) is 4.74 Å². The normalized spacial score (nSPS) is 23.2. The van der Waals surface area contributed by atoms with Crippen LogP contribution in [0.15, 0.2) is 42.0 Å². The Bertz CT molecular complexity index is 635. The predicted molar refractivity (Wildman–Crippen MR) is 73.7 cm³/mol. The molecule has 1 fully saturated rings. The van der Waals surface area contributed by atoms with Gasteiger partial charge < -0.3 is 4.74 Å². The van der Waals surface area contributed by atoms with Gasteiger partial charge in [0.15, 0.2) is 0 Å². The van der Waals surface area contributed by atoms with Gasteiger partial charge in [-0.1, -0.05) is 36.4 Å². The summed E-state index contributed by atoms with van der Waals surface area (Å²) < 4.78 is 5.25. The van der Waals surface area contributed by atoms with E-state index in [0.717, 1.165) is 5.56 Å². The Morgan fingerprint density at radius 2 is 2.00 bits per heavy atom. The van der Waals surface area contributed by atoms with Gasteiger partial charge in [0.25, 0.3) is 0 Å². The van der Waals surface area contributed by atoms with Crippen molar-refractivity contribution in [3.05, 3.63) is 47.5 Å². The maximum absolute atomic E-state index is 12.1. The molecule has 2 atom stereocenters. The van der Waals surface area contributed by atoms with Crippen LogP contribution in [-0.2, 0) is 25.7 Å². The van der Waals surface area contributed by atoms with Gasteiger partial charge in [-0.25, -0.2) is 4.79 Å². The summed E-state index contributed by atoms with van der Waals surface area (Å²) in [7, 11) is 0. The number of benzene rings is 1. The van der Waals surface area contributed by atoms with Crippen molar-refractivity contribution in [3.63, 3.8) is 0 Å². The molecule has 21 heavy (non-hydrogen) atoms. The van der Waals surface area contributed by atoms with Gasteiger partial charge in [-0.2, -0.15) is 0 Å². The Labute approximate surface area is 122 Å². The van der Waals surface area contributed by atoms with Crippen LogP contribution in [0.1, 0.15) is 18.9 Å². The SMILES string of the molecule is CC(=O)N1C(=O)C2C(C(=O)OCc3ccccc3)=CCC21. The van der Waals surface area contributed by atoms with Gasteiger partial charge in [-0.3, -0.25) is 14.5 Å². The van der Waals surface area contributed by atoms with E-state index in [2.05, 4.69) is 0 Å². The van der Waals surface area contributed by atoms with Gasteiger partial charge in [0, 0.05) is 12.5 Å². The van der Waals surface area contributed by atoms with Gasteiger partial charge >= 0.3 is 5.97 Å². The van der Waals surface area contributed by atoms with E-state index >= 15 is 0 Å². The molecule has 0 saturated carbocycles. The number of ether oxygens (including phenoxy) is 1. The highest BCUT2D eigenvalue weighted by atomic mass is 16.5. The van der Waals surface area contributed by atoms with Crippen molar-refractivity contribution in [1.29, 1.82) is 0 Å². The van der Waals surface area contributed by atoms with Gasteiger partial charge in [0.05, 0.1) is 12.0 Å². The number of hydrogen-bond acceptors (Lipinski definition) is 4. The molecule has 1 heterocycles. The second-order valence-electron chi connectivity index (χ2n) is 5.23. The summed E-state index contributed by atoms with van der Waals surface area (Å²) in [6.45, 7) is 1.54. The summed E-state index contributed by atoms with van der Waals surface area (Å²) in [6, 6.07) is 9.16. The third kappa shape index (κ3) is 2.24. The summed E-state index contributed by atoms with van der Waals surface area (Å²) in [5.41, 5.74) is 1.28.